The number of benzene rings is 1. The summed E-state index contributed by atoms with van der Waals surface area (Å²) >= 11 is 0. The summed E-state index contributed by atoms with van der Waals surface area (Å²) in [4.78, 5) is 13.8. The molecule has 1 fully saturated rings. The fourth-order valence-electron chi connectivity index (χ4n) is 4.08. The standard InChI is InChI=1S/C21H27N5/c1-2-12-26(20-18-9-3-4-10-19(18)23-16-24-20)17-8-7-11-21(22,15-17)25-13-5-6-14-25/h3-4,7-11,16H,2,5-6,12-15,22H2,1H3/t21-/m0/s1. The van der Waals surface area contributed by atoms with E-state index in [9.17, 15) is 0 Å². The van der Waals surface area contributed by atoms with E-state index in [4.69, 9.17) is 5.73 Å². The molecule has 5 nitrogen and oxygen atoms in total. The van der Waals surface area contributed by atoms with Gasteiger partial charge in [0.05, 0.1) is 11.2 Å². The molecule has 1 saturated heterocycles. The average molecular weight is 349 g/mol. The third-order valence-electron chi connectivity index (χ3n) is 5.40. The van der Waals surface area contributed by atoms with Gasteiger partial charge in [-0.2, -0.15) is 0 Å². The SMILES string of the molecule is CCCN(C1=CC=C[C@](N)(N2CCCC2)C1)c1ncnc2ccccc12. The van der Waals surface area contributed by atoms with Gasteiger partial charge in [-0.15, -0.1) is 0 Å². The van der Waals surface area contributed by atoms with Crippen molar-refractivity contribution in [3.8, 4) is 0 Å². The maximum Gasteiger partial charge on any atom is 0.144 e. The van der Waals surface area contributed by atoms with Crippen LogP contribution in [0, 0.1) is 0 Å². The normalized spacial score (nSPS) is 23.4. The molecule has 1 aromatic heterocycles. The number of para-hydroxylation sites is 1. The zero-order valence-electron chi connectivity index (χ0n) is 15.4. The van der Waals surface area contributed by atoms with Crippen LogP contribution in [0.1, 0.15) is 32.6 Å². The van der Waals surface area contributed by atoms with Crippen molar-refractivity contribution >= 4 is 16.7 Å². The molecule has 0 saturated carbocycles. The first-order valence-corrected chi connectivity index (χ1v) is 9.61. The van der Waals surface area contributed by atoms with Gasteiger partial charge in [-0.3, -0.25) is 4.90 Å². The van der Waals surface area contributed by atoms with Gasteiger partial charge in [0.2, 0.25) is 0 Å². The Labute approximate surface area is 155 Å². The van der Waals surface area contributed by atoms with Crippen molar-refractivity contribution in [3.05, 3.63) is 54.5 Å². The van der Waals surface area contributed by atoms with Crippen LogP contribution in [0.3, 0.4) is 0 Å². The largest absolute Gasteiger partial charge is 0.329 e. The zero-order chi connectivity index (χ0) is 18.0. The van der Waals surface area contributed by atoms with Gasteiger partial charge in [-0.05, 0) is 43.5 Å². The lowest BCUT2D eigenvalue weighted by Gasteiger charge is -2.41. The van der Waals surface area contributed by atoms with Gasteiger partial charge >= 0.3 is 0 Å². The topological polar surface area (TPSA) is 58.3 Å². The number of likely N-dealkylation sites (tertiary alicyclic amines) is 1. The van der Waals surface area contributed by atoms with Crippen LogP contribution in [0.15, 0.2) is 54.5 Å². The first-order valence-electron chi connectivity index (χ1n) is 9.61. The van der Waals surface area contributed by atoms with E-state index in [1.54, 1.807) is 6.33 Å². The minimum Gasteiger partial charge on any atom is -0.329 e. The van der Waals surface area contributed by atoms with E-state index in [0.717, 1.165) is 49.2 Å². The summed E-state index contributed by atoms with van der Waals surface area (Å²) in [6.45, 7) is 5.28. The highest BCUT2D eigenvalue weighted by Gasteiger charge is 2.35. The summed E-state index contributed by atoms with van der Waals surface area (Å²) in [6.07, 6.45) is 12.4. The summed E-state index contributed by atoms with van der Waals surface area (Å²) in [5.74, 6) is 0.975. The summed E-state index contributed by atoms with van der Waals surface area (Å²) in [6, 6.07) is 8.20. The third kappa shape index (κ3) is 3.13. The minimum atomic E-state index is -0.393. The highest BCUT2D eigenvalue weighted by Crippen LogP contribution is 2.33. The Kier molecular flexibility index (Phi) is 4.74. The van der Waals surface area contributed by atoms with Crippen molar-refractivity contribution in [1.29, 1.82) is 0 Å². The van der Waals surface area contributed by atoms with Crippen molar-refractivity contribution in [2.45, 2.75) is 38.3 Å². The Bertz CT molecular complexity index is 832. The quantitative estimate of drug-likeness (QED) is 0.896. The molecule has 136 valence electrons. The van der Waals surface area contributed by atoms with Gasteiger partial charge in [-0.1, -0.05) is 25.1 Å². The molecular formula is C21H27N5. The van der Waals surface area contributed by atoms with Crippen LogP contribution in [-0.4, -0.2) is 40.2 Å². The predicted molar refractivity (Wildman–Crippen MR) is 107 cm³/mol. The van der Waals surface area contributed by atoms with Crippen LogP contribution < -0.4 is 10.6 Å². The molecule has 1 aliphatic heterocycles. The number of fused-ring (bicyclic) bond motifs is 1. The van der Waals surface area contributed by atoms with E-state index < -0.39 is 5.66 Å². The summed E-state index contributed by atoms with van der Waals surface area (Å²) in [5.41, 5.74) is 8.63. The second-order valence-electron chi connectivity index (χ2n) is 7.25. The zero-order valence-corrected chi connectivity index (χ0v) is 15.4. The molecular weight excluding hydrogens is 322 g/mol. The molecule has 1 aromatic carbocycles. The van der Waals surface area contributed by atoms with Gasteiger partial charge in [0.1, 0.15) is 12.1 Å². The monoisotopic (exact) mass is 349 g/mol. The molecule has 1 atom stereocenters. The predicted octanol–water partition coefficient (Wildman–Crippen LogP) is 3.44. The van der Waals surface area contributed by atoms with Gasteiger partial charge in [0.15, 0.2) is 0 Å². The number of hydrogen-bond donors (Lipinski definition) is 1. The minimum absolute atomic E-state index is 0.393. The van der Waals surface area contributed by atoms with Crippen LogP contribution in [0.25, 0.3) is 10.9 Å². The summed E-state index contributed by atoms with van der Waals surface area (Å²) < 4.78 is 0. The van der Waals surface area contributed by atoms with E-state index >= 15 is 0 Å². The molecule has 0 radical (unpaired) electrons. The van der Waals surface area contributed by atoms with Crippen molar-refractivity contribution < 1.29 is 0 Å². The van der Waals surface area contributed by atoms with Crippen LogP contribution in [-0.2, 0) is 0 Å². The molecule has 4 rings (SSSR count). The summed E-state index contributed by atoms with van der Waals surface area (Å²) in [5, 5.41) is 1.09. The lowest BCUT2D eigenvalue weighted by atomic mass is 9.96. The Morgan fingerprint density at radius 2 is 2.00 bits per heavy atom. The maximum absolute atomic E-state index is 6.82. The molecule has 2 aliphatic rings. The number of aromatic nitrogens is 2. The van der Waals surface area contributed by atoms with E-state index in [1.807, 2.05) is 18.2 Å². The van der Waals surface area contributed by atoms with E-state index in [1.165, 1.54) is 18.5 Å². The number of rotatable bonds is 5. The smallest absolute Gasteiger partial charge is 0.144 e. The number of hydrogen-bond acceptors (Lipinski definition) is 5. The molecule has 0 unspecified atom stereocenters. The lowest BCUT2D eigenvalue weighted by Crippen LogP contribution is -2.55. The van der Waals surface area contributed by atoms with Crippen LogP contribution in [0.2, 0.25) is 0 Å². The second kappa shape index (κ2) is 7.17. The molecule has 2 aromatic rings. The molecule has 1 aliphatic carbocycles. The van der Waals surface area contributed by atoms with Crippen LogP contribution in [0.5, 0.6) is 0 Å². The fourth-order valence-corrected chi connectivity index (χ4v) is 4.08. The average Bonchev–Trinajstić information content (AvgIpc) is 3.22. The Morgan fingerprint density at radius 3 is 2.81 bits per heavy atom. The molecule has 26 heavy (non-hydrogen) atoms. The Balaban J connectivity index is 1.70. The maximum atomic E-state index is 6.82. The number of nitrogens with two attached hydrogens (primary N) is 1. The molecule has 0 bridgehead atoms. The van der Waals surface area contributed by atoms with Crippen molar-refractivity contribution in [2.24, 2.45) is 5.73 Å². The molecule has 5 heteroatoms. The van der Waals surface area contributed by atoms with E-state index in [0.29, 0.717) is 0 Å². The van der Waals surface area contributed by atoms with Gasteiger partial charge in [0, 0.05) is 37.1 Å². The van der Waals surface area contributed by atoms with Crippen molar-refractivity contribution in [3.63, 3.8) is 0 Å². The molecule has 0 amide bonds. The van der Waals surface area contributed by atoms with Gasteiger partial charge in [0.25, 0.3) is 0 Å². The number of allylic oxidation sites excluding steroid dienone is 2. The van der Waals surface area contributed by atoms with Crippen molar-refractivity contribution in [2.75, 3.05) is 24.5 Å². The fraction of sp³-hybridized carbons (Fsp3) is 0.429. The van der Waals surface area contributed by atoms with Crippen molar-refractivity contribution in [1.82, 2.24) is 14.9 Å². The van der Waals surface area contributed by atoms with Gasteiger partial charge in [-0.25, -0.2) is 9.97 Å². The Morgan fingerprint density at radius 1 is 1.19 bits per heavy atom. The molecule has 2 N–H and O–H groups in total. The van der Waals surface area contributed by atoms with Gasteiger partial charge < -0.3 is 10.6 Å². The van der Waals surface area contributed by atoms with E-state index in [2.05, 4.69) is 51.0 Å². The first kappa shape index (κ1) is 17.2. The number of nitrogens with zero attached hydrogens (tertiary/aromatic N) is 4. The van der Waals surface area contributed by atoms with E-state index in [-0.39, 0.29) is 0 Å². The highest BCUT2D eigenvalue weighted by molar-refractivity contribution is 5.90. The van der Waals surface area contributed by atoms with Crippen LogP contribution in [0.4, 0.5) is 5.82 Å². The summed E-state index contributed by atoms with van der Waals surface area (Å²) in [7, 11) is 0. The lowest BCUT2D eigenvalue weighted by molar-refractivity contribution is 0.169. The molecule has 0 spiro atoms. The number of anilines is 1. The Hall–Kier alpha value is -2.24. The third-order valence-corrected chi connectivity index (χ3v) is 5.40. The first-order chi connectivity index (χ1) is 12.7. The highest BCUT2D eigenvalue weighted by atomic mass is 15.3. The second-order valence-corrected chi connectivity index (χ2v) is 7.25. The molecule has 2 heterocycles. The van der Waals surface area contributed by atoms with Crippen LogP contribution >= 0.6 is 0 Å².